The van der Waals surface area contributed by atoms with Gasteiger partial charge >= 0.3 is 17.1 Å². The van der Waals surface area contributed by atoms with Crippen molar-refractivity contribution in [3.8, 4) is 0 Å². The molecule has 2 aromatic rings. The van der Waals surface area contributed by atoms with Crippen LogP contribution in [0.25, 0.3) is 11.0 Å². The maximum atomic E-state index is 12.1. The molecule has 1 fully saturated rings. The standard InChI is InChI=1S/C14H14N2O5/c1-21-8-5-7(6-8)16-10-4-2-3-9(14(19)20)11(10)15-12(17)13(16)18/h2-4,7-8H,5-6H2,1H3,(H,15,17)(H,19,20). The van der Waals surface area contributed by atoms with Crippen LogP contribution < -0.4 is 11.1 Å². The average Bonchev–Trinajstić information content (AvgIpc) is 2.40. The van der Waals surface area contributed by atoms with Gasteiger partial charge in [-0.3, -0.25) is 14.2 Å². The fourth-order valence-corrected chi connectivity index (χ4v) is 2.74. The van der Waals surface area contributed by atoms with Crippen molar-refractivity contribution in [2.45, 2.75) is 25.0 Å². The number of nitrogens with zero attached hydrogens (tertiary/aromatic N) is 1. The van der Waals surface area contributed by atoms with Crippen LogP contribution in [0.3, 0.4) is 0 Å². The number of hydrogen-bond acceptors (Lipinski definition) is 4. The van der Waals surface area contributed by atoms with Gasteiger partial charge in [0.2, 0.25) is 0 Å². The number of para-hydroxylation sites is 1. The summed E-state index contributed by atoms with van der Waals surface area (Å²) in [5.41, 5.74) is -0.892. The lowest BCUT2D eigenvalue weighted by Crippen LogP contribution is -2.44. The van der Waals surface area contributed by atoms with E-state index in [1.54, 1.807) is 19.2 Å². The second-order valence-corrected chi connectivity index (χ2v) is 5.12. The Morgan fingerprint density at radius 3 is 2.71 bits per heavy atom. The first-order chi connectivity index (χ1) is 10.0. The molecule has 0 aliphatic heterocycles. The molecule has 1 aromatic heterocycles. The van der Waals surface area contributed by atoms with Gasteiger partial charge < -0.3 is 14.8 Å². The van der Waals surface area contributed by atoms with Crippen LogP contribution in [0.2, 0.25) is 0 Å². The average molecular weight is 290 g/mol. The van der Waals surface area contributed by atoms with E-state index in [-0.39, 0.29) is 23.2 Å². The van der Waals surface area contributed by atoms with Gasteiger partial charge in [-0.1, -0.05) is 6.07 Å². The summed E-state index contributed by atoms with van der Waals surface area (Å²) in [6, 6.07) is 4.45. The van der Waals surface area contributed by atoms with E-state index in [0.717, 1.165) is 0 Å². The fraction of sp³-hybridized carbons (Fsp3) is 0.357. The topological polar surface area (TPSA) is 101 Å². The molecule has 1 aliphatic rings. The van der Waals surface area contributed by atoms with Crippen molar-refractivity contribution in [2.75, 3.05) is 7.11 Å². The Morgan fingerprint density at radius 1 is 1.38 bits per heavy atom. The van der Waals surface area contributed by atoms with Crippen LogP contribution in [0.4, 0.5) is 0 Å². The first-order valence-electron chi connectivity index (χ1n) is 6.56. The molecule has 0 spiro atoms. The molecule has 3 rings (SSSR count). The summed E-state index contributed by atoms with van der Waals surface area (Å²) in [5.74, 6) is -1.15. The van der Waals surface area contributed by atoms with Gasteiger partial charge in [0.1, 0.15) is 0 Å². The van der Waals surface area contributed by atoms with Crippen molar-refractivity contribution < 1.29 is 14.6 Å². The molecule has 1 heterocycles. The lowest BCUT2D eigenvalue weighted by atomic mass is 9.88. The molecule has 7 nitrogen and oxygen atoms in total. The number of nitrogens with one attached hydrogen (secondary N) is 1. The second kappa shape index (κ2) is 4.85. The van der Waals surface area contributed by atoms with E-state index in [4.69, 9.17) is 4.74 Å². The normalized spacial score (nSPS) is 21.2. The number of fused-ring (bicyclic) bond motifs is 1. The minimum absolute atomic E-state index is 0.0269. The zero-order valence-electron chi connectivity index (χ0n) is 11.3. The lowest BCUT2D eigenvalue weighted by Gasteiger charge is -2.35. The summed E-state index contributed by atoms with van der Waals surface area (Å²) in [6.07, 6.45) is 1.33. The van der Waals surface area contributed by atoms with Crippen LogP contribution in [0.15, 0.2) is 27.8 Å². The van der Waals surface area contributed by atoms with E-state index >= 15 is 0 Å². The van der Waals surface area contributed by atoms with Crippen molar-refractivity contribution in [3.63, 3.8) is 0 Å². The Bertz CT molecular complexity index is 829. The zero-order chi connectivity index (χ0) is 15.1. The third-order valence-corrected chi connectivity index (χ3v) is 3.95. The van der Waals surface area contributed by atoms with Crippen LogP contribution in [0.5, 0.6) is 0 Å². The summed E-state index contributed by atoms with van der Waals surface area (Å²) in [7, 11) is 1.60. The van der Waals surface area contributed by atoms with Gasteiger partial charge in [0.15, 0.2) is 0 Å². The van der Waals surface area contributed by atoms with Crippen LogP contribution in [0.1, 0.15) is 29.2 Å². The molecular formula is C14H14N2O5. The third kappa shape index (κ3) is 2.06. The van der Waals surface area contributed by atoms with E-state index in [0.29, 0.717) is 18.4 Å². The van der Waals surface area contributed by atoms with Gasteiger partial charge in [0.25, 0.3) is 0 Å². The molecule has 1 aromatic carbocycles. The molecule has 0 saturated heterocycles. The minimum Gasteiger partial charge on any atom is -0.478 e. The Labute approximate surface area is 118 Å². The quantitative estimate of drug-likeness (QED) is 0.812. The molecule has 1 aliphatic carbocycles. The number of methoxy groups -OCH3 is 1. The van der Waals surface area contributed by atoms with Gasteiger partial charge in [-0.05, 0) is 25.0 Å². The molecule has 0 radical (unpaired) electrons. The highest BCUT2D eigenvalue weighted by atomic mass is 16.5. The first kappa shape index (κ1) is 13.6. The smallest absolute Gasteiger partial charge is 0.337 e. The van der Waals surface area contributed by atoms with Crippen LogP contribution in [0, 0.1) is 0 Å². The number of aromatic carboxylic acids is 1. The molecule has 110 valence electrons. The number of rotatable bonds is 3. The monoisotopic (exact) mass is 290 g/mol. The molecule has 2 N–H and O–H groups in total. The van der Waals surface area contributed by atoms with E-state index in [1.165, 1.54) is 10.6 Å². The molecular weight excluding hydrogens is 276 g/mol. The van der Waals surface area contributed by atoms with Crippen molar-refractivity contribution in [1.29, 1.82) is 0 Å². The van der Waals surface area contributed by atoms with Gasteiger partial charge in [-0.15, -0.1) is 0 Å². The maximum Gasteiger partial charge on any atom is 0.337 e. The molecule has 7 heteroatoms. The highest BCUT2D eigenvalue weighted by molar-refractivity contribution is 6.00. The molecule has 0 bridgehead atoms. The highest BCUT2D eigenvalue weighted by Gasteiger charge is 2.32. The Balaban J connectivity index is 2.26. The molecule has 21 heavy (non-hydrogen) atoms. The third-order valence-electron chi connectivity index (χ3n) is 3.95. The SMILES string of the molecule is COC1CC(n2c(=O)c(=O)[nH]c3c(C(=O)O)cccc32)C1. The van der Waals surface area contributed by atoms with Crippen LogP contribution in [-0.2, 0) is 4.74 Å². The van der Waals surface area contributed by atoms with E-state index in [1.807, 2.05) is 0 Å². The summed E-state index contributed by atoms with van der Waals surface area (Å²) in [6.45, 7) is 0. The molecule has 1 saturated carbocycles. The Hall–Kier alpha value is -2.41. The minimum atomic E-state index is -1.15. The van der Waals surface area contributed by atoms with Gasteiger partial charge in [-0.2, -0.15) is 0 Å². The van der Waals surface area contributed by atoms with Crippen LogP contribution in [-0.4, -0.2) is 33.8 Å². The van der Waals surface area contributed by atoms with Gasteiger partial charge in [-0.25, -0.2) is 4.79 Å². The zero-order valence-corrected chi connectivity index (χ0v) is 11.3. The number of carboxylic acids is 1. The predicted molar refractivity (Wildman–Crippen MR) is 74.9 cm³/mol. The van der Waals surface area contributed by atoms with Crippen molar-refractivity contribution in [2.24, 2.45) is 0 Å². The predicted octanol–water partition coefficient (Wildman–Crippen LogP) is 0.738. The number of carbonyl (C=O) groups is 1. The van der Waals surface area contributed by atoms with E-state index in [9.17, 15) is 19.5 Å². The van der Waals surface area contributed by atoms with E-state index in [2.05, 4.69) is 4.98 Å². The van der Waals surface area contributed by atoms with Crippen molar-refractivity contribution in [3.05, 3.63) is 44.5 Å². The van der Waals surface area contributed by atoms with E-state index < -0.39 is 17.1 Å². The van der Waals surface area contributed by atoms with Gasteiger partial charge in [0, 0.05) is 13.2 Å². The second-order valence-electron chi connectivity index (χ2n) is 5.12. The summed E-state index contributed by atoms with van der Waals surface area (Å²) in [5, 5.41) is 9.19. The van der Waals surface area contributed by atoms with Crippen molar-refractivity contribution >= 4 is 17.0 Å². The first-order valence-corrected chi connectivity index (χ1v) is 6.56. The fourth-order valence-electron chi connectivity index (χ4n) is 2.74. The summed E-state index contributed by atoms with van der Waals surface area (Å²) in [4.78, 5) is 37.6. The van der Waals surface area contributed by atoms with Crippen molar-refractivity contribution in [1.82, 2.24) is 9.55 Å². The number of ether oxygens (including phenoxy) is 1. The van der Waals surface area contributed by atoms with Gasteiger partial charge in [0.05, 0.1) is 22.7 Å². The molecule has 0 amide bonds. The number of hydrogen-bond donors (Lipinski definition) is 2. The number of benzene rings is 1. The number of aromatic amines is 1. The summed E-state index contributed by atoms with van der Waals surface area (Å²) < 4.78 is 6.57. The molecule has 0 unspecified atom stereocenters. The van der Waals surface area contributed by atoms with Crippen LogP contribution >= 0.6 is 0 Å². The number of carboxylic acid groups (broad SMARTS) is 1. The maximum absolute atomic E-state index is 12.1. The lowest BCUT2D eigenvalue weighted by molar-refractivity contribution is 0.00636. The largest absolute Gasteiger partial charge is 0.478 e. The number of aromatic nitrogens is 2. The Kier molecular flexibility index (Phi) is 3.13. The highest BCUT2D eigenvalue weighted by Crippen LogP contribution is 2.34. The Morgan fingerprint density at radius 2 is 2.10 bits per heavy atom. The molecule has 0 atom stereocenters. The summed E-state index contributed by atoms with van der Waals surface area (Å²) >= 11 is 0. The number of H-pyrrole nitrogens is 1.